The van der Waals surface area contributed by atoms with E-state index < -0.39 is 0 Å². The van der Waals surface area contributed by atoms with Crippen molar-refractivity contribution in [2.24, 2.45) is 0 Å². The van der Waals surface area contributed by atoms with Gasteiger partial charge >= 0.3 is 6.03 Å². The number of imidazole rings is 1. The summed E-state index contributed by atoms with van der Waals surface area (Å²) in [4.78, 5) is 31.8. The number of anilines is 1. The lowest BCUT2D eigenvalue weighted by molar-refractivity contribution is -0.121. The summed E-state index contributed by atoms with van der Waals surface area (Å²) in [6, 6.07) is 7.73. The first kappa shape index (κ1) is 17.0. The summed E-state index contributed by atoms with van der Waals surface area (Å²) in [6.07, 6.45) is 6.21. The summed E-state index contributed by atoms with van der Waals surface area (Å²) in [5.41, 5.74) is 2.03. The lowest BCUT2D eigenvalue weighted by Gasteiger charge is -2.18. The molecule has 3 rings (SSSR count). The van der Waals surface area contributed by atoms with Crippen LogP contribution in [0.2, 0.25) is 0 Å². The lowest BCUT2D eigenvalue weighted by atomic mass is 10.2. The molecule has 1 aliphatic heterocycles. The predicted octanol–water partition coefficient (Wildman–Crippen LogP) is 1.64. The zero-order valence-corrected chi connectivity index (χ0v) is 14.4. The number of benzene rings is 1. The maximum atomic E-state index is 12.5. The van der Waals surface area contributed by atoms with Gasteiger partial charge in [-0.3, -0.25) is 9.69 Å². The number of amides is 3. The van der Waals surface area contributed by atoms with E-state index in [1.807, 2.05) is 42.0 Å². The highest BCUT2D eigenvalue weighted by molar-refractivity contribution is 5.96. The summed E-state index contributed by atoms with van der Waals surface area (Å²) in [6.45, 7) is 4.68. The molecule has 25 heavy (non-hydrogen) atoms. The molecule has 7 nitrogen and oxygen atoms in total. The van der Waals surface area contributed by atoms with Crippen molar-refractivity contribution < 1.29 is 9.59 Å². The number of aromatic nitrogens is 2. The minimum atomic E-state index is -0.121. The van der Waals surface area contributed by atoms with Crippen LogP contribution in [-0.4, -0.2) is 52.6 Å². The number of carbonyl (C=O) groups excluding carboxylic acids is 2. The van der Waals surface area contributed by atoms with Gasteiger partial charge in [-0.05, 0) is 25.5 Å². The monoisotopic (exact) mass is 341 g/mol. The summed E-state index contributed by atoms with van der Waals surface area (Å²) in [7, 11) is 0. The summed E-state index contributed by atoms with van der Waals surface area (Å²) >= 11 is 0. The molecule has 1 saturated heterocycles. The van der Waals surface area contributed by atoms with Crippen molar-refractivity contribution >= 4 is 17.6 Å². The van der Waals surface area contributed by atoms with Crippen LogP contribution in [0.5, 0.6) is 0 Å². The number of nitrogens with zero attached hydrogens (tertiary/aromatic N) is 4. The fourth-order valence-electron chi connectivity index (χ4n) is 2.83. The van der Waals surface area contributed by atoms with Gasteiger partial charge in [0.15, 0.2) is 0 Å². The lowest BCUT2D eigenvalue weighted by Crippen LogP contribution is -2.40. The molecule has 3 amide bonds. The Morgan fingerprint density at radius 3 is 2.76 bits per heavy atom. The summed E-state index contributed by atoms with van der Waals surface area (Å²) in [5, 5.41) is 2.87. The average Bonchev–Trinajstić information content (AvgIpc) is 3.24. The predicted molar refractivity (Wildman–Crippen MR) is 95.3 cm³/mol. The van der Waals surface area contributed by atoms with Crippen LogP contribution in [0, 0.1) is 6.92 Å². The second kappa shape index (κ2) is 7.83. The highest BCUT2D eigenvalue weighted by Crippen LogP contribution is 2.20. The minimum absolute atomic E-state index is 0.103. The van der Waals surface area contributed by atoms with Gasteiger partial charge in [0.05, 0.1) is 6.33 Å². The highest BCUT2D eigenvalue weighted by Gasteiger charge is 2.30. The van der Waals surface area contributed by atoms with Crippen LogP contribution in [0.4, 0.5) is 10.5 Å². The summed E-state index contributed by atoms with van der Waals surface area (Å²) < 4.78 is 1.97. The zero-order valence-electron chi connectivity index (χ0n) is 14.4. The van der Waals surface area contributed by atoms with Gasteiger partial charge in [-0.2, -0.15) is 0 Å². The zero-order chi connectivity index (χ0) is 17.6. The van der Waals surface area contributed by atoms with E-state index in [0.29, 0.717) is 19.6 Å². The van der Waals surface area contributed by atoms with Crippen molar-refractivity contribution in [1.29, 1.82) is 0 Å². The van der Waals surface area contributed by atoms with Crippen molar-refractivity contribution in [3.8, 4) is 0 Å². The molecule has 1 N–H and O–H groups in total. The molecule has 7 heteroatoms. The van der Waals surface area contributed by atoms with E-state index in [2.05, 4.69) is 10.3 Å². The van der Waals surface area contributed by atoms with Crippen LogP contribution in [-0.2, 0) is 11.3 Å². The van der Waals surface area contributed by atoms with Gasteiger partial charge in [-0.15, -0.1) is 0 Å². The number of hydrogen-bond donors (Lipinski definition) is 1. The molecule has 0 unspecified atom stereocenters. The molecule has 0 radical (unpaired) electrons. The fourth-order valence-corrected chi connectivity index (χ4v) is 2.83. The maximum absolute atomic E-state index is 12.5. The molecular formula is C18H23N5O2. The molecule has 0 atom stereocenters. The van der Waals surface area contributed by atoms with Crippen molar-refractivity contribution in [2.75, 3.05) is 31.1 Å². The third-order valence-corrected chi connectivity index (χ3v) is 4.25. The SMILES string of the molecule is Cc1ccc(N2CCN(CC(=O)NCCCn3ccnc3)C2=O)cc1. The minimum Gasteiger partial charge on any atom is -0.354 e. The Balaban J connectivity index is 1.42. The molecule has 0 spiro atoms. The van der Waals surface area contributed by atoms with E-state index in [-0.39, 0.29) is 18.5 Å². The van der Waals surface area contributed by atoms with Crippen LogP contribution < -0.4 is 10.2 Å². The van der Waals surface area contributed by atoms with Crippen molar-refractivity contribution in [3.05, 3.63) is 48.5 Å². The van der Waals surface area contributed by atoms with E-state index in [0.717, 1.165) is 24.2 Å². The Labute approximate surface area is 147 Å². The van der Waals surface area contributed by atoms with E-state index in [1.165, 1.54) is 0 Å². The van der Waals surface area contributed by atoms with Gasteiger partial charge in [0.25, 0.3) is 0 Å². The number of urea groups is 1. The van der Waals surface area contributed by atoms with E-state index in [9.17, 15) is 9.59 Å². The van der Waals surface area contributed by atoms with Crippen molar-refractivity contribution in [2.45, 2.75) is 19.9 Å². The van der Waals surface area contributed by atoms with E-state index >= 15 is 0 Å². The average molecular weight is 341 g/mol. The quantitative estimate of drug-likeness (QED) is 0.778. The van der Waals surface area contributed by atoms with Gasteiger partial charge in [-0.25, -0.2) is 9.78 Å². The number of aryl methyl sites for hydroxylation is 2. The first-order chi connectivity index (χ1) is 12.1. The first-order valence-electron chi connectivity index (χ1n) is 8.49. The molecule has 2 heterocycles. The van der Waals surface area contributed by atoms with Gasteiger partial charge in [0, 0.05) is 44.3 Å². The Morgan fingerprint density at radius 1 is 1.24 bits per heavy atom. The van der Waals surface area contributed by atoms with Gasteiger partial charge in [0.2, 0.25) is 5.91 Å². The molecule has 1 aromatic carbocycles. The maximum Gasteiger partial charge on any atom is 0.325 e. The molecule has 2 aromatic rings. The standard InChI is InChI=1S/C18H23N5O2/c1-15-3-5-16(6-4-15)23-12-11-22(18(23)25)13-17(24)20-7-2-9-21-10-8-19-14-21/h3-6,8,10,14H,2,7,9,11-13H2,1H3,(H,20,24). The highest BCUT2D eigenvalue weighted by atomic mass is 16.2. The number of hydrogen-bond acceptors (Lipinski definition) is 3. The summed E-state index contributed by atoms with van der Waals surface area (Å²) in [5.74, 6) is -0.121. The normalized spacial score (nSPS) is 14.2. The fraction of sp³-hybridized carbons (Fsp3) is 0.389. The Morgan fingerprint density at radius 2 is 2.04 bits per heavy atom. The number of rotatable bonds is 7. The molecule has 0 aliphatic carbocycles. The molecular weight excluding hydrogens is 318 g/mol. The largest absolute Gasteiger partial charge is 0.354 e. The number of carbonyl (C=O) groups is 2. The molecule has 132 valence electrons. The Bertz CT molecular complexity index is 712. The number of nitrogens with one attached hydrogen (secondary N) is 1. The molecule has 1 fully saturated rings. The molecule has 0 saturated carbocycles. The smallest absolute Gasteiger partial charge is 0.325 e. The Hall–Kier alpha value is -2.83. The van der Waals surface area contributed by atoms with Gasteiger partial charge in [-0.1, -0.05) is 17.7 Å². The third-order valence-electron chi connectivity index (χ3n) is 4.25. The Kier molecular flexibility index (Phi) is 5.33. The van der Waals surface area contributed by atoms with Crippen molar-refractivity contribution in [3.63, 3.8) is 0 Å². The van der Waals surface area contributed by atoms with E-state index in [1.54, 1.807) is 22.3 Å². The van der Waals surface area contributed by atoms with E-state index in [4.69, 9.17) is 0 Å². The van der Waals surface area contributed by atoms with Crippen LogP contribution in [0.25, 0.3) is 0 Å². The van der Waals surface area contributed by atoms with Crippen LogP contribution >= 0.6 is 0 Å². The second-order valence-electron chi connectivity index (χ2n) is 6.20. The van der Waals surface area contributed by atoms with Gasteiger partial charge in [0.1, 0.15) is 6.54 Å². The van der Waals surface area contributed by atoms with Crippen molar-refractivity contribution in [1.82, 2.24) is 19.8 Å². The molecule has 1 aromatic heterocycles. The first-order valence-corrected chi connectivity index (χ1v) is 8.49. The third kappa shape index (κ3) is 4.37. The second-order valence-corrected chi connectivity index (χ2v) is 6.20. The van der Waals surface area contributed by atoms with Crippen LogP contribution in [0.1, 0.15) is 12.0 Å². The topological polar surface area (TPSA) is 70.5 Å². The van der Waals surface area contributed by atoms with Gasteiger partial charge < -0.3 is 14.8 Å². The molecule has 1 aliphatic rings. The van der Waals surface area contributed by atoms with Crippen LogP contribution in [0.3, 0.4) is 0 Å². The molecule has 0 bridgehead atoms. The van der Waals surface area contributed by atoms with Crippen LogP contribution in [0.15, 0.2) is 43.0 Å².